The molecule has 1 amide bonds. The highest BCUT2D eigenvalue weighted by molar-refractivity contribution is 6.09. The van der Waals surface area contributed by atoms with Crippen LogP contribution < -0.4 is 10.1 Å². The summed E-state index contributed by atoms with van der Waals surface area (Å²) in [7, 11) is 1.57. The van der Waals surface area contributed by atoms with Crippen molar-refractivity contribution in [2.24, 2.45) is 0 Å². The standard InChI is InChI=1S/C19H18N2O2/c1-3-14-7-9-17(10-8-14)21-19(22)16(13-20)11-15-5-4-6-18(12-15)23-2/h4-12H,3H2,1-2H3,(H,21,22)/b16-11+. The molecule has 4 heteroatoms. The van der Waals surface area contributed by atoms with E-state index in [-0.39, 0.29) is 5.57 Å². The first-order valence-electron chi connectivity index (χ1n) is 7.32. The van der Waals surface area contributed by atoms with E-state index in [2.05, 4.69) is 12.2 Å². The minimum atomic E-state index is -0.431. The number of rotatable bonds is 5. The molecule has 116 valence electrons. The third-order valence-electron chi connectivity index (χ3n) is 3.39. The van der Waals surface area contributed by atoms with Crippen LogP contribution in [0.2, 0.25) is 0 Å². The van der Waals surface area contributed by atoms with Crippen LogP contribution in [0.15, 0.2) is 54.1 Å². The summed E-state index contributed by atoms with van der Waals surface area (Å²) in [5.74, 6) is 0.242. The number of aryl methyl sites for hydroxylation is 1. The molecule has 4 nitrogen and oxygen atoms in total. The van der Waals surface area contributed by atoms with Crippen LogP contribution in [-0.2, 0) is 11.2 Å². The highest BCUT2D eigenvalue weighted by Crippen LogP contribution is 2.16. The zero-order valence-corrected chi connectivity index (χ0v) is 13.2. The van der Waals surface area contributed by atoms with Crippen molar-refractivity contribution in [1.29, 1.82) is 5.26 Å². The number of ether oxygens (including phenoxy) is 1. The lowest BCUT2D eigenvalue weighted by Gasteiger charge is -2.06. The summed E-state index contributed by atoms with van der Waals surface area (Å²) in [6.07, 6.45) is 2.48. The van der Waals surface area contributed by atoms with Gasteiger partial charge in [0.2, 0.25) is 0 Å². The second-order valence-corrected chi connectivity index (χ2v) is 4.95. The van der Waals surface area contributed by atoms with Gasteiger partial charge in [0.25, 0.3) is 5.91 Å². The highest BCUT2D eigenvalue weighted by Gasteiger charge is 2.09. The van der Waals surface area contributed by atoms with Crippen molar-refractivity contribution in [3.05, 3.63) is 65.2 Å². The van der Waals surface area contributed by atoms with E-state index in [1.165, 1.54) is 11.6 Å². The summed E-state index contributed by atoms with van der Waals surface area (Å²) >= 11 is 0. The van der Waals surface area contributed by atoms with Crippen LogP contribution in [0.5, 0.6) is 5.75 Å². The largest absolute Gasteiger partial charge is 0.497 e. The molecule has 23 heavy (non-hydrogen) atoms. The lowest BCUT2D eigenvalue weighted by Crippen LogP contribution is -2.13. The van der Waals surface area contributed by atoms with E-state index in [0.29, 0.717) is 11.4 Å². The van der Waals surface area contributed by atoms with Gasteiger partial charge in [0.1, 0.15) is 17.4 Å². The fourth-order valence-electron chi connectivity index (χ4n) is 2.07. The van der Waals surface area contributed by atoms with Crippen molar-refractivity contribution < 1.29 is 9.53 Å². The Morgan fingerprint density at radius 2 is 2.00 bits per heavy atom. The van der Waals surface area contributed by atoms with Crippen molar-refractivity contribution in [1.82, 2.24) is 0 Å². The Labute approximate surface area is 136 Å². The SMILES string of the molecule is CCc1ccc(NC(=O)/C(C#N)=C/c2cccc(OC)c2)cc1. The number of carbonyl (C=O) groups excluding carboxylic acids is 1. The summed E-state index contributed by atoms with van der Waals surface area (Å²) in [5.41, 5.74) is 2.63. The number of methoxy groups -OCH3 is 1. The van der Waals surface area contributed by atoms with Crippen LogP contribution in [0.4, 0.5) is 5.69 Å². The third kappa shape index (κ3) is 4.45. The molecule has 1 N–H and O–H groups in total. The van der Waals surface area contributed by atoms with Crippen LogP contribution in [0.3, 0.4) is 0 Å². The number of amides is 1. The van der Waals surface area contributed by atoms with E-state index < -0.39 is 5.91 Å². The maximum atomic E-state index is 12.2. The van der Waals surface area contributed by atoms with Gasteiger partial charge in [0, 0.05) is 5.69 Å². The number of nitriles is 1. The number of nitrogens with one attached hydrogen (secondary N) is 1. The smallest absolute Gasteiger partial charge is 0.266 e. The summed E-state index contributed by atoms with van der Waals surface area (Å²) < 4.78 is 5.14. The van der Waals surface area contributed by atoms with Crippen LogP contribution >= 0.6 is 0 Å². The Morgan fingerprint density at radius 3 is 2.61 bits per heavy atom. The maximum Gasteiger partial charge on any atom is 0.266 e. The van der Waals surface area contributed by atoms with Gasteiger partial charge in [0.15, 0.2) is 0 Å². The van der Waals surface area contributed by atoms with Gasteiger partial charge in [-0.1, -0.05) is 31.2 Å². The highest BCUT2D eigenvalue weighted by atomic mass is 16.5. The Balaban J connectivity index is 2.17. The van der Waals surface area contributed by atoms with E-state index in [1.807, 2.05) is 36.4 Å². The number of anilines is 1. The summed E-state index contributed by atoms with van der Waals surface area (Å²) in [6.45, 7) is 2.07. The average Bonchev–Trinajstić information content (AvgIpc) is 2.60. The molecule has 0 aliphatic carbocycles. The average molecular weight is 306 g/mol. The Hall–Kier alpha value is -3.06. The number of hydrogen-bond donors (Lipinski definition) is 1. The van der Waals surface area contributed by atoms with Crippen LogP contribution in [-0.4, -0.2) is 13.0 Å². The number of benzene rings is 2. The van der Waals surface area contributed by atoms with Gasteiger partial charge in [-0.05, 0) is 47.9 Å². The van der Waals surface area contributed by atoms with Crippen molar-refractivity contribution in [2.45, 2.75) is 13.3 Å². The topological polar surface area (TPSA) is 62.1 Å². The Kier molecular flexibility index (Phi) is 5.54. The van der Waals surface area contributed by atoms with E-state index in [4.69, 9.17) is 4.74 Å². The second-order valence-electron chi connectivity index (χ2n) is 4.95. The number of hydrogen-bond acceptors (Lipinski definition) is 3. The lowest BCUT2D eigenvalue weighted by atomic mass is 10.1. The van der Waals surface area contributed by atoms with Gasteiger partial charge in [-0.15, -0.1) is 0 Å². The number of carbonyl (C=O) groups is 1. The molecule has 0 aliphatic heterocycles. The molecule has 0 spiro atoms. The first kappa shape index (κ1) is 16.3. The van der Waals surface area contributed by atoms with Gasteiger partial charge in [-0.2, -0.15) is 5.26 Å². The molecule has 0 radical (unpaired) electrons. The summed E-state index contributed by atoms with van der Waals surface area (Å²) in [4.78, 5) is 12.2. The zero-order chi connectivity index (χ0) is 16.7. The second kappa shape index (κ2) is 7.81. The van der Waals surface area contributed by atoms with Crippen molar-refractivity contribution in [3.63, 3.8) is 0 Å². The monoisotopic (exact) mass is 306 g/mol. The Bertz CT molecular complexity index is 756. The molecule has 0 saturated carbocycles. The lowest BCUT2D eigenvalue weighted by molar-refractivity contribution is -0.112. The van der Waals surface area contributed by atoms with Crippen molar-refractivity contribution in [2.75, 3.05) is 12.4 Å². The molecule has 0 heterocycles. The molecule has 0 fully saturated rings. The van der Waals surface area contributed by atoms with E-state index >= 15 is 0 Å². The first-order chi connectivity index (χ1) is 11.2. The molecule has 0 unspecified atom stereocenters. The molecule has 2 rings (SSSR count). The van der Waals surface area contributed by atoms with Gasteiger partial charge in [0.05, 0.1) is 7.11 Å². The van der Waals surface area contributed by atoms with E-state index in [0.717, 1.165) is 12.0 Å². The van der Waals surface area contributed by atoms with Crippen molar-refractivity contribution >= 4 is 17.7 Å². The molecule has 2 aromatic carbocycles. The predicted molar refractivity (Wildman–Crippen MR) is 91.0 cm³/mol. The molecule has 0 bridgehead atoms. The molecule has 0 aliphatic rings. The predicted octanol–water partition coefficient (Wildman–Crippen LogP) is 3.80. The van der Waals surface area contributed by atoms with Gasteiger partial charge in [-0.25, -0.2) is 0 Å². The minimum Gasteiger partial charge on any atom is -0.497 e. The molecule has 0 atom stereocenters. The van der Waals surface area contributed by atoms with E-state index in [9.17, 15) is 10.1 Å². The molecular weight excluding hydrogens is 288 g/mol. The molecular formula is C19H18N2O2. The van der Waals surface area contributed by atoms with Gasteiger partial charge < -0.3 is 10.1 Å². The third-order valence-corrected chi connectivity index (χ3v) is 3.39. The Morgan fingerprint density at radius 1 is 1.26 bits per heavy atom. The fraction of sp³-hybridized carbons (Fsp3) is 0.158. The van der Waals surface area contributed by atoms with Crippen LogP contribution in [0.25, 0.3) is 6.08 Å². The van der Waals surface area contributed by atoms with Crippen LogP contribution in [0.1, 0.15) is 18.1 Å². The molecule has 2 aromatic rings. The van der Waals surface area contributed by atoms with Gasteiger partial charge >= 0.3 is 0 Å². The quantitative estimate of drug-likeness (QED) is 0.675. The fourth-order valence-corrected chi connectivity index (χ4v) is 2.07. The van der Waals surface area contributed by atoms with Gasteiger partial charge in [-0.3, -0.25) is 4.79 Å². The maximum absolute atomic E-state index is 12.2. The minimum absolute atomic E-state index is 0.0396. The summed E-state index contributed by atoms with van der Waals surface area (Å²) in [6, 6.07) is 16.7. The number of nitrogens with zero attached hydrogens (tertiary/aromatic N) is 1. The summed E-state index contributed by atoms with van der Waals surface area (Å²) in [5, 5.41) is 12.0. The first-order valence-corrected chi connectivity index (χ1v) is 7.32. The molecule has 0 saturated heterocycles. The van der Waals surface area contributed by atoms with Crippen molar-refractivity contribution in [3.8, 4) is 11.8 Å². The molecule has 0 aromatic heterocycles. The van der Waals surface area contributed by atoms with E-state index in [1.54, 1.807) is 25.3 Å². The zero-order valence-electron chi connectivity index (χ0n) is 13.2. The normalized spacial score (nSPS) is 10.7. The van der Waals surface area contributed by atoms with Crippen LogP contribution in [0, 0.1) is 11.3 Å².